The molecule has 0 spiro atoms. The van der Waals surface area contributed by atoms with Gasteiger partial charge in [0.1, 0.15) is 11.7 Å². The summed E-state index contributed by atoms with van der Waals surface area (Å²) in [5, 5.41) is 0. The Kier molecular flexibility index (Phi) is 4.76. The Morgan fingerprint density at radius 3 is 2.40 bits per heavy atom. The smallest absolute Gasteiger partial charge is 0.333 e. The largest absolute Gasteiger partial charge is 0.462 e. The number of ether oxygens (including phenoxy) is 2. The Morgan fingerprint density at radius 2 is 1.88 bits per heavy atom. The molecule has 1 saturated heterocycles. The molecular formula is C21H32O4. The highest BCUT2D eigenvalue weighted by Crippen LogP contribution is 2.64. The van der Waals surface area contributed by atoms with Gasteiger partial charge < -0.3 is 9.47 Å². The summed E-state index contributed by atoms with van der Waals surface area (Å²) in [4.78, 5) is 25.2. The van der Waals surface area contributed by atoms with Gasteiger partial charge in [0.05, 0.1) is 5.92 Å². The van der Waals surface area contributed by atoms with E-state index in [1.807, 2.05) is 0 Å². The van der Waals surface area contributed by atoms with E-state index < -0.39 is 5.60 Å². The van der Waals surface area contributed by atoms with Crippen molar-refractivity contribution in [3.8, 4) is 0 Å². The van der Waals surface area contributed by atoms with Gasteiger partial charge in [0.2, 0.25) is 0 Å². The molecule has 0 amide bonds. The van der Waals surface area contributed by atoms with Crippen molar-refractivity contribution in [2.75, 3.05) is 0 Å². The molecule has 3 aliphatic rings. The van der Waals surface area contributed by atoms with Crippen molar-refractivity contribution in [2.45, 2.75) is 72.0 Å². The third kappa shape index (κ3) is 2.55. The molecule has 2 bridgehead atoms. The molecule has 0 radical (unpaired) electrons. The second-order valence-corrected chi connectivity index (χ2v) is 8.56. The molecule has 0 aromatic rings. The first kappa shape index (κ1) is 18.5. The average Bonchev–Trinajstić information content (AvgIpc) is 3.20. The fraction of sp³-hybridized carbons (Fsp3) is 0.810. The summed E-state index contributed by atoms with van der Waals surface area (Å²) in [7, 11) is 0. The highest BCUT2D eigenvalue weighted by atomic mass is 16.6. The van der Waals surface area contributed by atoms with E-state index in [-0.39, 0.29) is 41.7 Å². The molecule has 3 rings (SSSR count). The molecule has 0 aromatic heterocycles. The molecule has 0 aromatic carbocycles. The van der Waals surface area contributed by atoms with Crippen LogP contribution in [0.2, 0.25) is 0 Å². The molecular weight excluding hydrogens is 316 g/mol. The standard InChI is InChI=1S/C21H32O4/c1-7-12(5)21(13(6)8-2,25-19(22)11(3)4)18-14-9-15-16(10-14)24-20(23)17(15)18/h12-18H,3,7-10H2,1-2,4-6H3. The summed E-state index contributed by atoms with van der Waals surface area (Å²) in [5.74, 6) is 0.657. The number of fused-ring (bicyclic) bond motifs is 1. The Hall–Kier alpha value is -1.32. The van der Waals surface area contributed by atoms with E-state index in [0.717, 1.165) is 25.7 Å². The molecule has 3 fully saturated rings. The summed E-state index contributed by atoms with van der Waals surface area (Å²) in [5.41, 5.74) is -0.205. The Balaban J connectivity index is 2.08. The maximum absolute atomic E-state index is 12.6. The third-order valence-corrected chi connectivity index (χ3v) is 7.39. The molecule has 7 unspecified atom stereocenters. The zero-order valence-electron chi connectivity index (χ0n) is 16.2. The van der Waals surface area contributed by atoms with Crippen molar-refractivity contribution < 1.29 is 19.1 Å². The van der Waals surface area contributed by atoms with E-state index in [2.05, 4.69) is 34.3 Å². The van der Waals surface area contributed by atoms with Crippen LogP contribution in [0.3, 0.4) is 0 Å². The van der Waals surface area contributed by atoms with Crippen LogP contribution >= 0.6 is 0 Å². The van der Waals surface area contributed by atoms with Crippen LogP contribution in [0.1, 0.15) is 60.3 Å². The van der Waals surface area contributed by atoms with Crippen molar-refractivity contribution in [1.29, 1.82) is 0 Å². The summed E-state index contributed by atoms with van der Waals surface area (Å²) < 4.78 is 11.9. The van der Waals surface area contributed by atoms with E-state index >= 15 is 0 Å². The van der Waals surface area contributed by atoms with Gasteiger partial charge >= 0.3 is 11.9 Å². The van der Waals surface area contributed by atoms with E-state index in [4.69, 9.17) is 9.47 Å². The van der Waals surface area contributed by atoms with Gasteiger partial charge in [-0.3, -0.25) is 4.79 Å². The van der Waals surface area contributed by atoms with Crippen LogP contribution in [0.4, 0.5) is 0 Å². The zero-order chi connectivity index (χ0) is 18.5. The zero-order valence-corrected chi connectivity index (χ0v) is 16.2. The van der Waals surface area contributed by atoms with Crippen molar-refractivity contribution in [3.05, 3.63) is 12.2 Å². The second kappa shape index (κ2) is 6.44. The van der Waals surface area contributed by atoms with Crippen molar-refractivity contribution >= 4 is 11.9 Å². The van der Waals surface area contributed by atoms with Gasteiger partial charge in [-0.25, -0.2) is 4.79 Å². The number of carbonyl (C=O) groups is 2. The van der Waals surface area contributed by atoms with Gasteiger partial charge in [-0.05, 0) is 50.4 Å². The number of hydrogen-bond acceptors (Lipinski definition) is 4. The predicted molar refractivity (Wildman–Crippen MR) is 95.6 cm³/mol. The molecule has 140 valence electrons. The van der Waals surface area contributed by atoms with Crippen LogP contribution in [0, 0.1) is 35.5 Å². The summed E-state index contributed by atoms with van der Waals surface area (Å²) in [6.45, 7) is 14.1. The first-order chi connectivity index (χ1) is 11.8. The highest BCUT2D eigenvalue weighted by Gasteiger charge is 2.69. The molecule has 25 heavy (non-hydrogen) atoms. The lowest BCUT2D eigenvalue weighted by Crippen LogP contribution is -2.57. The van der Waals surface area contributed by atoms with Crippen LogP contribution in [-0.2, 0) is 19.1 Å². The SMILES string of the molecule is C=C(C)C(=O)OC(C(C)CC)(C(C)CC)C1C2CC3OC(=O)C1C3C2. The topological polar surface area (TPSA) is 52.6 Å². The first-order valence-electron chi connectivity index (χ1n) is 9.87. The van der Waals surface area contributed by atoms with Crippen LogP contribution in [0.15, 0.2) is 12.2 Å². The number of rotatable bonds is 7. The van der Waals surface area contributed by atoms with Crippen molar-refractivity contribution in [2.24, 2.45) is 35.5 Å². The van der Waals surface area contributed by atoms with E-state index in [1.54, 1.807) is 6.92 Å². The predicted octanol–water partition coefficient (Wildman–Crippen LogP) is 4.13. The van der Waals surface area contributed by atoms with Gasteiger partial charge in [0, 0.05) is 17.4 Å². The monoisotopic (exact) mass is 348 g/mol. The minimum Gasteiger partial charge on any atom is -0.462 e. The quantitative estimate of drug-likeness (QED) is 0.513. The Labute approximate surface area is 151 Å². The normalized spacial score (nSPS) is 37.3. The first-order valence-corrected chi connectivity index (χ1v) is 9.87. The van der Waals surface area contributed by atoms with E-state index in [1.165, 1.54) is 0 Å². The number of hydrogen-bond donors (Lipinski definition) is 0. The van der Waals surface area contributed by atoms with Crippen LogP contribution in [-0.4, -0.2) is 23.6 Å². The molecule has 1 aliphatic heterocycles. The fourth-order valence-corrected chi connectivity index (χ4v) is 5.93. The Morgan fingerprint density at radius 1 is 1.28 bits per heavy atom. The van der Waals surface area contributed by atoms with Crippen LogP contribution < -0.4 is 0 Å². The molecule has 7 atom stereocenters. The highest BCUT2D eigenvalue weighted by molar-refractivity contribution is 5.87. The maximum atomic E-state index is 12.6. The lowest BCUT2D eigenvalue weighted by Gasteiger charge is -2.50. The molecule has 2 aliphatic carbocycles. The summed E-state index contributed by atoms with van der Waals surface area (Å²) >= 11 is 0. The summed E-state index contributed by atoms with van der Waals surface area (Å²) in [6.07, 6.45) is 3.88. The van der Waals surface area contributed by atoms with Gasteiger partial charge in [-0.2, -0.15) is 0 Å². The minimum absolute atomic E-state index is 0.0666. The lowest BCUT2D eigenvalue weighted by molar-refractivity contribution is -0.192. The van der Waals surface area contributed by atoms with E-state index in [9.17, 15) is 9.59 Å². The number of carbonyl (C=O) groups excluding carboxylic acids is 2. The van der Waals surface area contributed by atoms with Crippen LogP contribution in [0.25, 0.3) is 0 Å². The molecule has 4 nitrogen and oxygen atoms in total. The van der Waals surface area contributed by atoms with Crippen molar-refractivity contribution in [1.82, 2.24) is 0 Å². The molecule has 0 N–H and O–H groups in total. The lowest BCUT2D eigenvalue weighted by atomic mass is 9.60. The van der Waals surface area contributed by atoms with Gasteiger partial charge in [0.15, 0.2) is 0 Å². The third-order valence-electron chi connectivity index (χ3n) is 7.39. The average molecular weight is 348 g/mol. The second-order valence-electron chi connectivity index (χ2n) is 8.56. The fourth-order valence-electron chi connectivity index (χ4n) is 5.93. The van der Waals surface area contributed by atoms with Crippen LogP contribution in [0.5, 0.6) is 0 Å². The van der Waals surface area contributed by atoms with Gasteiger partial charge in [0.25, 0.3) is 0 Å². The summed E-state index contributed by atoms with van der Waals surface area (Å²) in [6, 6.07) is 0. The van der Waals surface area contributed by atoms with E-state index in [0.29, 0.717) is 17.4 Å². The Bertz CT molecular complexity index is 568. The molecule has 4 heteroatoms. The number of esters is 2. The van der Waals surface area contributed by atoms with Crippen molar-refractivity contribution in [3.63, 3.8) is 0 Å². The maximum Gasteiger partial charge on any atom is 0.333 e. The van der Waals surface area contributed by atoms with Gasteiger partial charge in [-0.15, -0.1) is 0 Å². The molecule has 2 saturated carbocycles. The minimum atomic E-state index is -0.627. The van der Waals surface area contributed by atoms with Gasteiger partial charge in [-0.1, -0.05) is 34.3 Å². The molecule has 1 heterocycles.